The van der Waals surface area contributed by atoms with Crippen molar-refractivity contribution in [1.29, 1.82) is 5.26 Å². The molecule has 3 aliphatic rings. The number of hydrogen-bond donors (Lipinski definition) is 0. The fourth-order valence-electron chi connectivity index (χ4n) is 4.92. The summed E-state index contributed by atoms with van der Waals surface area (Å²) in [6.07, 6.45) is 3.73. The number of hydrogen-bond acceptors (Lipinski definition) is 6. The lowest BCUT2D eigenvalue weighted by Crippen LogP contribution is -2.40. The van der Waals surface area contributed by atoms with Gasteiger partial charge in [0.2, 0.25) is 11.8 Å². The Morgan fingerprint density at radius 2 is 1.77 bits per heavy atom. The van der Waals surface area contributed by atoms with Crippen molar-refractivity contribution in [2.24, 2.45) is 11.8 Å². The van der Waals surface area contributed by atoms with Crippen LogP contribution in [0.25, 0.3) is 6.08 Å². The molecule has 0 aliphatic carbocycles. The van der Waals surface area contributed by atoms with Gasteiger partial charge < -0.3 is 9.64 Å². The van der Waals surface area contributed by atoms with Crippen LogP contribution in [-0.2, 0) is 14.3 Å². The van der Waals surface area contributed by atoms with Crippen molar-refractivity contribution in [3.63, 3.8) is 0 Å². The topological polar surface area (TPSA) is 90.7 Å². The predicted octanol–water partition coefficient (Wildman–Crippen LogP) is 2.90. The standard InChI is InChI=1S/C24H19N3O4/c1-2-31-24(30)15-7-9-16(10-8-15)27-22(28)19-18(13-25)26-12-11-14-5-3-4-6-17(14)21(26)20(19)23(27)29/h3-12,18-21H,2H2,1H3/t18-,19+,20+,21-/m1/s1. The van der Waals surface area contributed by atoms with Crippen molar-refractivity contribution < 1.29 is 19.1 Å². The van der Waals surface area contributed by atoms with Gasteiger partial charge in [0.25, 0.3) is 0 Å². The van der Waals surface area contributed by atoms with Crippen LogP contribution in [-0.4, -0.2) is 35.3 Å². The summed E-state index contributed by atoms with van der Waals surface area (Å²) in [5.41, 5.74) is 2.66. The molecule has 5 rings (SSSR count). The second-order valence-electron chi connectivity index (χ2n) is 7.74. The summed E-state index contributed by atoms with van der Waals surface area (Å²) in [6, 6.07) is 15.1. The fourth-order valence-corrected chi connectivity index (χ4v) is 4.92. The Kier molecular flexibility index (Phi) is 4.36. The molecule has 3 aliphatic heterocycles. The van der Waals surface area contributed by atoms with E-state index in [1.807, 2.05) is 41.4 Å². The average Bonchev–Trinajstić information content (AvgIpc) is 3.26. The number of anilines is 1. The Bertz CT molecular complexity index is 1160. The molecular weight excluding hydrogens is 394 g/mol. The molecule has 0 N–H and O–H groups in total. The average molecular weight is 413 g/mol. The van der Waals surface area contributed by atoms with Crippen LogP contribution in [0.4, 0.5) is 5.69 Å². The van der Waals surface area contributed by atoms with Crippen LogP contribution in [0.2, 0.25) is 0 Å². The van der Waals surface area contributed by atoms with Gasteiger partial charge in [-0.05, 0) is 48.4 Å². The maximum Gasteiger partial charge on any atom is 0.338 e. The second-order valence-corrected chi connectivity index (χ2v) is 7.74. The van der Waals surface area contributed by atoms with E-state index in [-0.39, 0.29) is 24.5 Å². The van der Waals surface area contributed by atoms with E-state index in [1.165, 1.54) is 12.1 Å². The highest BCUT2D eigenvalue weighted by Gasteiger charge is 2.63. The Hall–Kier alpha value is -3.92. The molecule has 31 heavy (non-hydrogen) atoms. The minimum atomic E-state index is -0.747. The summed E-state index contributed by atoms with van der Waals surface area (Å²) in [5.74, 6) is -2.56. The molecule has 0 spiro atoms. The lowest BCUT2D eigenvalue weighted by molar-refractivity contribution is -0.123. The largest absolute Gasteiger partial charge is 0.462 e. The third-order valence-corrected chi connectivity index (χ3v) is 6.23. The molecule has 2 amide bonds. The molecule has 7 heteroatoms. The van der Waals surface area contributed by atoms with Crippen LogP contribution >= 0.6 is 0 Å². The van der Waals surface area contributed by atoms with E-state index in [4.69, 9.17) is 4.74 Å². The van der Waals surface area contributed by atoms with Gasteiger partial charge in [0.05, 0.1) is 41.8 Å². The van der Waals surface area contributed by atoms with E-state index in [9.17, 15) is 19.6 Å². The highest BCUT2D eigenvalue weighted by Crippen LogP contribution is 2.52. The van der Waals surface area contributed by atoms with Gasteiger partial charge in [-0.3, -0.25) is 9.59 Å². The zero-order chi connectivity index (χ0) is 21.7. The monoisotopic (exact) mass is 413 g/mol. The van der Waals surface area contributed by atoms with Crippen LogP contribution in [0.3, 0.4) is 0 Å². The van der Waals surface area contributed by atoms with Gasteiger partial charge in [0.1, 0.15) is 6.04 Å². The molecule has 0 aromatic heterocycles. The molecular formula is C24H19N3O4. The van der Waals surface area contributed by atoms with Crippen LogP contribution in [0.1, 0.15) is 34.5 Å². The first-order valence-corrected chi connectivity index (χ1v) is 10.2. The number of rotatable bonds is 3. The summed E-state index contributed by atoms with van der Waals surface area (Å²) in [7, 11) is 0. The quantitative estimate of drug-likeness (QED) is 0.568. The number of carbonyl (C=O) groups is 3. The molecule has 2 saturated heterocycles. The summed E-state index contributed by atoms with van der Waals surface area (Å²) in [5, 5.41) is 9.85. The first-order valence-electron chi connectivity index (χ1n) is 10.2. The van der Waals surface area contributed by atoms with E-state index in [0.29, 0.717) is 11.3 Å². The number of fused-ring (bicyclic) bond motifs is 5. The zero-order valence-electron chi connectivity index (χ0n) is 16.8. The van der Waals surface area contributed by atoms with E-state index >= 15 is 0 Å². The van der Waals surface area contributed by atoms with Gasteiger partial charge in [-0.15, -0.1) is 0 Å². The van der Waals surface area contributed by atoms with Gasteiger partial charge >= 0.3 is 5.97 Å². The molecule has 0 unspecified atom stereocenters. The number of imide groups is 1. The Labute approximate surface area is 179 Å². The van der Waals surface area contributed by atoms with Crippen molar-refractivity contribution in [2.45, 2.75) is 19.0 Å². The molecule has 0 bridgehead atoms. The van der Waals surface area contributed by atoms with Crippen LogP contribution in [0.15, 0.2) is 54.7 Å². The highest BCUT2D eigenvalue weighted by atomic mass is 16.5. The number of ether oxygens (including phenoxy) is 1. The molecule has 3 heterocycles. The molecule has 154 valence electrons. The van der Waals surface area contributed by atoms with Crippen molar-refractivity contribution in [2.75, 3.05) is 11.5 Å². The van der Waals surface area contributed by atoms with Gasteiger partial charge in [0.15, 0.2) is 0 Å². The summed E-state index contributed by atoms with van der Waals surface area (Å²) in [6.45, 7) is 1.98. The fraction of sp³-hybridized carbons (Fsp3) is 0.250. The third kappa shape index (κ3) is 2.68. The number of amides is 2. The SMILES string of the molecule is CCOC(=O)c1ccc(N2C(=O)[C@@H]3[C@H](C2=O)[C@H]2c4ccccc4C=CN2[C@@H]3C#N)cc1. The second kappa shape index (κ2) is 7.10. The number of benzene rings is 2. The lowest BCUT2D eigenvalue weighted by atomic mass is 9.85. The summed E-state index contributed by atoms with van der Waals surface area (Å²) < 4.78 is 4.98. The number of nitrogens with zero attached hydrogens (tertiary/aromatic N) is 3. The van der Waals surface area contributed by atoms with Crippen LogP contribution in [0, 0.1) is 23.2 Å². The lowest BCUT2D eigenvalue weighted by Gasteiger charge is -2.33. The van der Waals surface area contributed by atoms with Crippen molar-refractivity contribution in [3.05, 3.63) is 71.4 Å². The molecule has 7 nitrogen and oxygen atoms in total. The predicted molar refractivity (Wildman–Crippen MR) is 111 cm³/mol. The smallest absolute Gasteiger partial charge is 0.338 e. The van der Waals surface area contributed by atoms with Crippen LogP contribution in [0.5, 0.6) is 0 Å². The Morgan fingerprint density at radius 3 is 2.48 bits per heavy atom. The minimum Gasteiger partial charge on any atom is -0.462 e. The Balaban J connectivity index is 1.52. The van der Waals surface area contributed by atoms with Crippen LogP contribution < -0.4 is 4.90 Å². The number of carbonyl (C=O) groups excluding carboxylic acids is 3. The van der Waals surface area contributed by atoms with Gasteiger partial charge in [0, 0.05) is 6.20 Å². The van der Waals surface area contributed by atoms with Gasteiger partial charge in [-0.25, -0.2) is 9.69 Å². The normalized spacial score (nSPS) is 25.7. The first kappa shape index (κ1) is 19.1. The molecule has 2 aromatic carbocycles. The zero-order valence-corrected chi connectivity index (χ0v) is 16.8. The molecule has 2 fully saturated rings. The van der Waals surface area contributed by atoms with E-state index < -0.39 is 23.8 Å². The Morgan fingerprint density at radius 1 is 1.06 bits per heavy atom. The van der Waals surface area contributed by atoms with Gasteiger partial charge in [-0.1, -0.05) is 24.3 Å². The number of esters is 1. The van der Waals surface area contributed by atoms with Crippen molar-refractivity contribution in [3.8, 4) is 6.07 Å². The van der Waals surface area contributed by atoms with Crippen molar-refractivity contribution in [1.82, 2.24) is 4.90 Å². The van der Waals surface area contributed by atoms with Crippen molar-refractivity contribution >= 4 is 29.5 Å². The minimum absolute atomic E-state index is 0.260. The summed E-state index contributed by atoms with van der Waals surface area (Å²) >= 11 is 0. The van der Waals surface area contributed by atoms with Gasteiger partial charge in [-0.2, -0.15) is 5.26 Å². The van der Waals surface area contributed by atoms with E-state index in [1.54, 1.807) is 19.1 Å². The molecule has 0 radical (unpaired) electrons. The molecule has 2 aromatic rings. The third-order valence-electron chi connectivity index (χ3n) is 6.23. The number of nitriles is 1. The summed E-state index contributed by atoms with van der Waals surface area (Å²) in [4.78, 5) is 41.8. The molecule has 0 saturated carbocycles. The first-order chi connectivity index (χ1) is 15.1. The maximum absolute atomic E-state index is 13.5. The molecule has 4 atom stereocenters. The maximum atomic E-state index is 13.5. The van der Waals surface area contributed by atoms with E-state index in [2.05, 4.69) is 6.07 Å². The highest BCUT2D eigenvalue weighted by molar-refractivity contribution is 6.23. The van der Waals surface area contributed by atoms with E-state index in [0.717, 1.165) is 16.0 Å².